The highest BCUT2D eigenvalue weighted by molar-refractivity contribution is 7.99. The highest BCUT2D eigenvalue weighted by Crippen LogP contribution is 2.32. The predicted molar refractivity (Wildman–Crippen MR) is 54.4 cm³/mol. The minimum absolute atomic E-state index is 0.0132. The fraction of sp³-hybridized carbons (Fsp3) is 0.300. The predicted octanol–water partition coefficient (Wildman–Crippen LogP) is 3.41. The molecule has 0 aromatic heterocycles. The highest BCUT2D eigenvalue weighted by atomic mass is 32.2. The van der Waals surface area contributed by atoms with E-state index in [-0.39, 0.29) is 17.1 Å². The molecule has 2 nitrogen and oxygen atoms in total. The quantitative estimate of drug-likeness (QED) is 0.671. The molecule has 94 valence electrons. The molecule has 17 heavy (non-hydrogen) atoms. The summed E-state index contributed by atoms with van der Waals surface area (Å²) in [7, 11) is 0. The van der Waals surface area contributed by atoms with Gasteiger partial charge in [0.2, 0.25) is 0 Å². The summed E-state index contributed by atoms with van der Waals surface area (Å²) in [5.74, 6) is -1.92. The van der Waals surface area contributed by atoms with Crippen LogP contribution in [0, 0.1) is 5.82 Å². The summed E-state index contributed by atoms with van der Waals surface area (Å²) in [5.41, 5.74) is -1.06. The van der Waals surface area contributed by atoms with E-state index < -0.39 is 23.5 Å². The molecule has 7 heteroatoms. The lowest BCUT2D eigenvalue weighted by Crippen LogP contribution is -2.05. The number of carbonyl (C=O) groups is 1. The van der Waals surface area contributed by atoms with Crippen molar-refractivity contribution in [1.29, 1.82) is 0 Å². The van der Waals surface area contributed by atoms with Gasteiger partial charge in [-0.1, -0.05) is 0 Å². The van der Waals surface area contributed by atoms with Crippen molar-refractivity contribution >= 4 is 17.7 Å². The van der Waals surface area contributed by atoms with Crippen LogP contribution in [-0.2, 0) is 11.0 Å². The maximum Gasteiger partial charge on any atom is 0.416 e. The molecule has 0 saturated heterocycles. The van der Waals surface area contributed by atoms with Crippen molar-refractivity contribution in [3.05, 3.63) is 29.6 Å². The summed E-state index contributed by atoms with van der Waals surface area (Å²) in [6, 6.07) is 2.18. The van der Waals surface area contributed by atoms with Crippen LogP contribution in [0.5, 0.6) is 0 Å². The SMILES string of the molecule is O=C(O)CCSc1ccc(C(F)(F)F)cc1F. The Morgan fingerprint density at radius 3 is 2.47 bits per heavy atom. The molecule has 0 aliphatic carbocycles. The van der Waals surface area contributed by atoms with Gasteiger partial charge in [0.15, 0.2) is 0 Å². The van der Waals surface area contributed by atoms with Gasteiger partial charge in [-0.25, -0.2) is 4.39 Å². The summed E-state index contributed by atoms with van der Waals surface area (Å²) in [5, 5.41) is 8.36. The lowest BCUT2D eigenvalue weighted by Gasteiger charge is -2.08. The largest absolute Gasteiger partial charge is 0.481 e. The summed E-state index contributed by atoms with van der Waals surface area (Å²) in [6.07, 6.45) is -4.75. The second-order valence-electron chi connectivity index (χ2n) is 3.14. The molecule has 0 amide bonds. The molecule has 1 N–H and O–H groups in total. The average Bonchev–Trinajstić information content (AvgIpc) is 2.18. The van der Waals surface area contributed by atoms with E-state index in [4.69, 9.17) is 5.11 Å². The van der Waals surface area contributed by atoms with Crippen molar-refractivity contribution in [2.24, 2.45) is 0 Å². The van der Waals surface area contributed by atoms with E-state index in [1.807, 2.05) is 0 Å². The lowest BCUT2D eigenvalue weighted by molar-refractivity contribution is -0.138. The van der Waals surface area contributed by atoms with Crippen LogP contribution in [0.1, 0.15) is 12.0 Å². The van der Waals surface area contributed by atoms with Gasteiger partial charge in [-0.05, 0) is 18.2 Å². The highest BCUT2D eigenvalue weighted by Gasteiger charge is 2.31. The monoisotopic (exact) mass is 268 g/mol. The Hall–Kier alpha value is -1.24. The zero-order valence-electron chi connectivity index (χ0n) is 8.42. The number of alkyl halides is 3. The third-order valence-electron chi connectivity index (χ3n) is 1.83. The molecule has 1 aromatic carbocycles. The number of carboxylic acid groups (broad SMARTS) is 1. The van der Waals surface area contributed by atoms with Gasteiger partial charge in [0.1, 0.15) is 5.82 Å². The van der Waals surface area contributed by atoms with Crippen molar-refractivity contribution in [2.75, 3.05) is 5.75 Å². The van der Waals surface area contributed by atoms with Crippen LogP contribution in [0.2, 0.25) is 0 Å². The number of rotatable bonds is 4. The smallest absolute Gasteiger partial charge is 0.416 e. The Kier molecular flexibility index (Phi) is 4.39. The van der Waals surface area contributed by atoms with Crippen LogP contribution in [0.4, 0.5) is 17.6 Å². The molecule has 0 radical (unpaired) electrons. The van der Waals surface area contributed by atoms with Gasteiger partial charge in [-0.3, -0.25) is 4.79 Å². The first-order valence-corrected chi connectivity index (χ1v) is 5.50. The van der Waals surface area contributed by atoms with Crippen molar-refractivity contribution < 1.29 is 27.5 Å². The summed E-state index contributed by atoms with van der Waals surface area (Å²) in [4.78, 5) is 10.2. The molecule has 0 atom stereocenters. The van der Waals surface area contributed by atoms with Crippen molar-refractivity contribution in [1.82, 2.24) is 0 Å². The Bertz CT molecular complexity index is 417. The van der Waals surface area contributed by atoms with Crippen LogP contribution in [0.3, 0.4) is 0 Å². The maximum atomic E-state index is 13.2. The standard InChI is InChI=1S/C10H8F4O2S/c11-7-5-6(10(12,13)14)1-2-8(7)17-4-3-9(15)16/h1-2,5H,3-4H2,(H,15,16). The number of hydrogen-bond acceptors (Lipinski definition) is 2. The number of aliphatic carboxylic acids is 1. The summed E-state index contributed by atoms with van der Waals surface area (Å²) in [6.45, 7) is 0. The van der Waals surface area contributed by atoms with Gasteiger partial charge in [-0.15, -0.1) is 11.8 Å². The molecule has 0 spiro atoms. The van der Waals surface area contributed by atoms with Gasteiger partial charge >= 0.3 is 12.1 Å². The van der Waals surface area contributed by atoms with Gasteiger partial charge in [0, 0.05) is 10.6 Å². The van der Waals surface area contributed by atoms with Crippen molar-refractivity contribution in [3.63, 3.8) is 0 Å². The Balaban J connectivity index is 2.73. The van der Waals surface area contributed by atoms with Gasteiger partial charge in [0.05, 0.1) is 12.0 Å². The Labute approximate surface area is 98.6 Å². The van der Waals surface area contributed by atoms with Crippen LogP contribution in [-0.4, -0.2) is 16.8 Å². The molecule has 1 rings (SSSR count). The first kappa shape index (κ1) is 13.8. The van der Waals surface area contributed by atoms with E-state index in [2.05, 4.69) is 0 Å². The Morgan fingerprint density at radius 2 is 2.00 bits per heavy atom. The number of benzene rings is 1. The maximum absolute atomic E-state index is 13.2. The summed E-state index contributed by atoms with van der Waals surface area (Å²) >= 11 is 0.872. The minimum Gasteiger partial charge on any atom is -0.481 e. The van der Waals surface area contributed by atoms with Crippen LogP contribution >= 0.6 is 11.8 Å². The zero-order chi connectivity index (χ0) is 13.1. The molecule has 0 unspecified atom stereocenters. The molecule has 0 aliphatic rings. The first-order valence-electron chi connectivity index (χ1n) is 4.52. The molecule has 0 bridgehead atoms. The first-order chi connectivity index (χ1) is 7.80. The van der Waals surface area contributed by atoms with Crippen LogP contribution < -0.4 is 0 Å². The second-order valence-corrected chi connectivity index (χ2v) is 4.27. The normalized spacial score (nSPS) is 11.5. The van der Waals surface area contributed by atoms with E-state index in [1.165, 1.54) is 0 Å². The van der Waals surface area contributed by atoms with Gasteiger partial charge < -0.3 is 5.11 Å². The van der Waals surface area contributed by atoms with E-state index >= 15 is 0 Å². The van der Waals surface area contributed by atoms with Crippen molar-refractivity contribution in [3.8, 4) is 0 Å². The molecule has 0 fully saturated rings. The Morgan fingerprint density at radius 1 is 1.35 bits per heavy atom. The van der Waals surface area contributed by atoms with E-state index in [0.717, 1.165) is 23.9 Å². The minimum atomic E-state index is -4.58. The average molecular weight is 268 g/mol. The number of halogens is 4. The molecule has 0 heterocycles. The fourth-order valence-electron chi connectivity index (χ4n) is 1.04. The topological polar surface area (TPSA) is 37.3 Å². The molecular weight excluding hydrogens is 260 g/mol. The zero-order valence-corrected chi connectivity index (χ0v) is 9.24. The third kappa shape index (κ3) is 4.26. The molecule has 0 aliphatic heterocycles. The molecular formula is C10H8F4O2S. The number of carboxylic acids is 1. The van der Waals surface area contributed by atoms with Gasteiger partial charge in [-0.2, -0.15) is 13.2 Å². The third-order valence-corrected chi connectivity index (χ3v) is 2.88. The summed E-state index contributed by atoms with van der Waals surface area (Å²) < 4.78 is 49.9. The number of thioether (sulfide) groups is 1. The lowest BCUT2D eigenvalue weighted by atomic mass is 10.2. The molecule has 1 aromatic rings. The second kappa shape index (κ2) is 5.39. The van der Waals surface area contributed by atoms with E-state index in [0.29, 0.717) is 6.07 Å². The molecule has 0 saturated carbocycles. The number of hydrogen-bond donors (Lipinski definition) is 1. The van der Waals surface area contributed by atoms with E-state index in [1.54, 1.807) is 0 Å². The van der Waals surface area contributed by atoms with Crippen LogP contribution in [0.15, 0.2) is 23.1 Å². The van der Waals surface area contributed by atoms with Crippen molar-refractivity contribution in [2.45, 2.75) is 17.5 Å². The van der Waals surface area contributed by atoms with Crippen LogP contribution in [0.25, 0.3) is 0 Å². The van der Waals surface area contributed by atoms with E-state index in [9.17, 15) is 22.4 Å². The van der Waals surface area contributed by atoms with Gasteiger partial charge in [0.25, 0.3) is 0 Å². The fourth-order valence-corrected chi connectivity index (χ4v) is 1.90.